The molecule has 0 saturated heterocycles. The first-order valence-electron chi connectivity index (χ1n) is 6.68. The minimum absolute atomic E-state index is 0.157. The molecule has 3 aromatic carbocycles. The van der Waals surface area contributed by atoms with Crippen molar-refractivity contribution in [2.45, 2.75) is 0 Å². The number of halogens is 5. The maximum absolute atomic E-state index is 6.41. The average Bonchev–Trinajstić information content (AvgIpc) is 2.60. The lowest BCUT2D eigenvalue weighted by Gasteiger charge is -2.16. The summed E-state index contributed by atoms with van der Waals surface area (Å²) >= 11 is 31.3. The van der Waals surface area contributed by atoms with Crippen LogP contribution in [0.4, 0.5) is 0 Å². The van der Waals surface area contributed by atoms with Crippen LogP contribution >= 0.6 is 58.0 Å². The van der Waals surface area contributed by atoms with Crippen molar-refractivity contribution < 1.29 is 0 Å². The van der Waals surface area contributed by atoms with Gasteiger partial charge in [-0.2, -0.15) is 0 Å². The van der Waals surface area contributed by atoms with Crippen molar-refractivity contribution in [2.24, 2.45) is 0 Å². The highest BCUT2D eigenvalue weighted by Gasteiger charge is 2.22. The van der Waals surface area contributed by atoms with Crippen LogP contribution in [0, 0.1) is 0 Å². The second-order valence-corrected chi connectivity index (χ2v) is 6.75. The van der Waals surface area contributed by atoms with E-state index >= 15 is 0 Å². The van der Waals surface area contributed by atoms with E-state index < -0.39 is 0 Å². The summed E-state index contributed by atoms with van der Waals surface area (Å²) in [6.07, 6.45) is 0. The van der Waals surface area contributed by atoms with Gasteiger partial charge in [0.25, 0.3) is 0 Å². The maximum Gasteiger partial charge on any atom is 0.0809 e. The molecule has 3 rings (SSSR count). The summed E-state index contributed by atoms with van der Waals surface area (Å²) in [7, 11) is 0. The Morgan fingerprint density at radius 2 is 0.870 bits per heavy atom. The van der Waals surface area contributed by atoms with Crippen molar-refractivity contribution in [3.05, 3.63) is 79.7 Å². The average molecular weight is 403 g/mol. The fourth-order valence-corrected chi connectivity index (χ4v) is 3.75. The molecule has 0 fully saturated rings. The lowest BCUT2D eigenvalue weighted by Crippen LogP contribution is -1.90. The second-order valence-electron chi connectivity index (χ2n) is 4.86. The van der Waals surface area contributed by atoms with Gasteiger partial charge in [0.15, 0.2) is 0 Å². The summed E-state index contributed by atoms with van der Waals surface area (Å²) in [5.74, 6) is 0. The molecule has 0 aliphatic carbocycles. The van der Waals surface area contributed by atoms with E-state index in [4.69, 9.17) is 58.0 Å². The smallest absolute Gasteiger partial charge is 0.0809 e. The van der Waals surface area contributed by atoms with Crippen LogP contribution in [0.1, 0.15) is 0 Å². The van der Waals surface area contributed by atoms with Crippen molar-refractivity contribution >= 4 is 58.0 Å². The lowest BCUT2D eigenvalue weighted by molar-refractivity contribution is 1.58. The Balaban J connectivity index is 2.34. The fourth-order valence-electron chi connectivity index (χ4n) is 2.41. The molecule has 5 heteroatoms. The molecule has 0 bridgehead atoms. The van der Waals surface area contributed by atoms with Gasteiger partial charge < -0.3 is 0 Å². The van der Waals surface area contributed by atoms with Gasteiger partial charge in [-0.15, -0.1) is 0 Å². The van der Waals surface area contributed by atoms with E-state index in [9.17, 15) is 0 Å². The molecule has 0 aromatic heterocycles. The van der Waals surface area contributed by atoms with Gasteiger partial charge >= 0.3 is 0 Å². The third kappa shape index (κ3) is 3.07. The van der Waals surface area contributed by atoms with Crippen molar-refractivity contribution in [3.63, 3.8) is 0 Å². The van der Waals surface area contributed by atoms with Crippen LogP contribution in [-0.2, 0) is 0 Å². The van der Waals surface area contributed by atoms with Crippen LogP contribution in [0.5, 0.6) is 0 Å². The molecule has 0 nitrogen and oxygen atoms in total. The molecule has 3 aromatic rings. The first-order chi connectivity index (χ1) is 11.0. The first kappa shape index (κ1) is 17.0. The highest BCUT2D eigenvalue weighted by atomic mass is 35.5. The van der Waals surface area contributed by atoms with Gasteiger partial charge in [-0.25, -0.2) is 0 Å². The van der Waals surface area contributed by atoms with Crippen LogP contribution in [0.25, 0.3) is 22.3 Å². The molecule has 0 N–H and O–H groups in total. The summed E-state index contributed by atoms with van der Waals surface area (Å²) in [6, 6.07) is 17.7. The molecule has 0 saturated carbocycles. The summed E-state index contributed by atoms with van der Waals surface area (Å²) in [5.41, 5.74) is 3.44. The summed E-state index contributed by atoms with van der Waals surface area (Å²) in [4.78, 5) is 0. The zero-order valence-corrected chi connectivity index (χ0v) is 15.4. The third-order valence-corrected chi connectivity index (χ3v) is 5.77. The van der Waals surface area contributed by atoms with Crippen molar-refractivity contribution in [1.82, 2.24) is 0 Å². The largest absolute Gasteiger partial charge is 0.0819 e. The van der Waals surface area contributed by atoms with Crippen LogP contribution in [0.3, 0.4) is 0 Å². The van der Waals surface area contributed by atoms with Gasteiger partial charge in [0.2, 0.25) is 0 Å². The first-order valence-corrected chi connectivity index (χ1v) is 8.57. The molecular weight excluding hydrogens is 393 g/mol. The Bertz CT molecular complexity index is 843. The molecule has 0 atom stereocenters. The second kappa shape index (κ2) is 6.93. The minimum atomic E-state index is 0.157. The van der Waals surface area contributed by atoms with Crippen molar-refractivity contribution in [1.29, 1.82) is 0 Å². The van der Waals surface area contributed by atoms with Gasteiger partial charge in [-0.1, -0.05) is 113 Å². The van der Waals surface area contributed by atoms with E-state index in [1.165, 1.54) is 0 Å². The van der Waals surface area contributed by atoms with Crippen molar-refractivity contribution in [2.75, 3.05) is 0 Å². The standard InChI is InChI=1S/C18H9Cl5/c19-14-13(15(20)17(22)18(23)16(14)21)12-9-5-4-8-11(12)10-6-2-1-3-7-10/h1-9H. The zero-order valence-electron chi connectivity index (χ0n) is 11.6. The number of hydrogen-bond donors (Lipinski definition) is 0. The van der Waals surface area contributed by atoms with Gasteiger partial charge in [0.1, 0.15) is 0 Å². The van der Waals surface area contributed by atoms with Crippen LogP contribution in [0.15, 0.2) is 54.6 Å². The molecular formula is C18H9Cl5. The van der Waals surface area contributed by atoms with Crippen molar-refractivity contribution in [3.8, 4) is 22.3 Å². The predicted octanol–water partition coefficient (Wildman–Crippen LogP) is 8.29. The van der Waals surface area contributed by atoms with Crippen LogP contribution in [0.2, 0.25) is 25.1 Å². The molecule has 23 heavy (non-hydrogen) atoms. The molecule has 116 valence electrons. The summed E-state index contributed by atoms with van der Waals surface area (Å²) < 4.78 is 0. The SMILES string of the molecule is Clc1c(Cl)c(Cl)c(-c2ccccc2-c2ccccc2)c(Cl)c1Cl. The number of benzene rings is 3. The Morgan fingerprint density at radius 1 is 0.435 bits per heavy atom. The molecule has 0 heterocycles. The Morgan fingerprint density at radius 3 is 1.43 bits per heavy atom. The van der Waals surface area contributed by atoms with E-state index in [0.717, 1.165) is 16.7 Å². The quantitative estimate of drug-likeness (QED) is 0.299. The van der Waals surface area contributed by atoms with Crippen LogP contribution < -0.4 is 0 Å². The zero-order chi connectivity index (χ0) is 16.6. The predicted molar refractivity (Wildman–Crippen MR) is 102 cm³/mol. The van der Waals surface area contributed by atoms with E-state index in [1.807, 2.05) is 54.6 Å². The molecule has 0 unspecified atom stereocenters. The molecule has 0 aliphatic heterocycles. The number of hydrogen-bond acceptors (Lipinski definition) is 0. The Hall–Kier alpha value is -0.890. The molecule has 0 spiro atoms. The normalized spacial score (nSPS) is 10.8. The highest BCUT2D eigenvalue weighted by molar-refractivity contribution is 6.56. The molecule has 0 amide bonds. The highest BCUT2D eigenvalue weighted by Crippen LogP contribution is 2.49. The number of rotatable bonds is 2. The van der Waals surface area contributed by atoms with Gasteiger partial charge in [-0.3, -0.25) is 0 Å². The molecule has 0 aliphatic rings. The topological polar surface area (TPSA) is 0 Å². The fraction of sp³-hybridized carbons (Fsp3) is 0. The summed E-state index contributed by atoms with van der Waals surface area (Å²) in [6.45, 7) is 0. The lowest BCUT2D eigenvalue weighted by atomic mass is 9.94. The molecule has 0 radical (unpaired) electrons. The van der Waals surface area contributed by atoms with E-state index in [-0.39, 0.29) is 25.1 Å². The maximum atomic E-state index is 6.41. The Kier molecular flexibility index (Phi) is 5.10. The Labute approximate surface area is 159 Å². The minimum Gasteiger partial charge on any atom is -0.0819 e. The van der Waals surface area contributed by atoms with E-state index in [2.05, 4.69) is 0 Å². The van der Waals surface area contributed by atoms with Gasteiger partial charge in [-0.05, 0) is 16.7 Å². The monoisotopic (exact) mass is 400 g/mol. The van der Waals surface area contributed by atoms with E-state index in [1.54, 1.807) is 0 Å². The third-order valence-electron chi connectivity index (χ3n) is 3.49. The van der Waals surface area contributed by atoms with Gasteiger partial charge in [0.05, 0.1) is 25.1 Å². The summed E-state index contributed by atoms with van der Waals surface area (Å²) in [5, 5.41) is 1.12. The van der Waals surface area contributed by atoms with Crippen LogP contribution in [-0.4, -0.2) is 0 Å². The van der Waals surface area contributed by atoms with Gasteiger partial charge in [0, 0.05) is 5.56 Å². The van der Waals surface area contributed by atoms with E-state index in [0.29, 0.717) is 5.56 Å².